The van der Waals surface area contributed by atoms with Gasteiger partial charge in [0.15, 0.2) is 5.78 Å². The highest BCUT2D eigenvalue weighted by atomic mass is 31.1. The van der Waals surface area contributed by atoms with E-state index in [1.807, 2.05) is 42.5 Å². The zero-order valence-corrected chi connectivity index (χ0v) is 18.4. The van der Waals surface area contributed by atoms with Crippen LogP contribution in [0.3, 0.4) is 0 Å². The van der Waals surface area contributed by atoms with Crippen molar-refractivity contribution in [3.05, 3.63) is 137 Å². The Bertz CT molecular complexity index is 1170. The quantitative estimate of drug-likeness (QED) is 0.138. The largest absolute Gasteiger partial charge is 0.418 e. The Morgan fingerprint density at radius 3 is 1.61 bits per heavy atom. The van der Waals surface area contributed by atoms with E-state index in [1.54, 1.807) is 54.6 Å². The highest BCUT2D eigenvalue weighted by Crippen LogP contribution is 2.29. The molecule has 0 radical (unpaired) electrons. The van der Waals surface area contributed by atoms with E-state index in [9.17, 15) is 19.5 Å². The van der Waals surface area contributed by atoms with Crippen LogP contribution in [-0.4, -0.2) is 10.7 Å². The molecule has 0 aliphatic carbocycles. The maximum absolute atomic E-state index is 12.0. The zero-order chi connectivity index (χ0) is 23.5. The van der Waals surface area contributed by atoms with E-state index >= 15 is 0 Å². The summed E-state index contributed by atoms with van der Waals surface area (Å²) in [5, 5.41) is 10.6. The summed E-state index contributed by atoms with van der Waals surface area (Å²) in [6.45, 7) is 0. The predicted molar refractivity (Wildman–Crippen MR) is 126 cm³/mol. The third kappa shape index (κ3) is 7.45. The van der Waals surface area contributed by atoms with Crippen LogP contribution in [0.15, 0.2) is 115 Å². The molecule has 0 atom stereocenters. The summed E-state index contributed by atoms with van der Waals surface area (Å²) in [7, 11) is -2.54. The van der Waals surface area contributed by atoms with Gasteiger partial charge in [0.2, 0.25) is 0 Å². The lowest BCUT2D eigenvalue weighted by atomic mass is 10.0. The fraction of sp³-hybridized carbons (Fsp3) is 0. The lowest BCUT2D eigenvalue weighted by molar-refractivity contribution is -0.384. The van der Waals surface area contributed by atoms with Crippen molar-refractivity contribution in [2.45, 2.75) is 0 Å². The number of hydrogen-bond acceptors (Lipinski definition) is 6. The molecule has 4 aromatic rings. The van der Waals surface area contributed by atoms with Crippen LogP contribution in [0.5, 0.6) is 11.5 Å². The maximum Gasteiger partial charge on any atom is 0.418 e. The van der Waals surface area contributed by atoms with Crippen molar-refractivity contribution in [2.75, 3.05) is 0 Å². The van der Waals surface area contributed by atoms with Gasteiger partial charge < -0.3 is 9.05 Å². The molecule has 0 aliphatic rings. The van der Waals surface area contributed by atoms with E-state index in [0.29, 0.717) is 22.6 Å². The SMILES string of the molecule is O=C(c1ccccc1)c1cccc([N+](=O)[O-])c1.O=[PH](Oc1ccccc1)Oc1ccccc1. The average molecular weight is 461 g/mol. The summed E-state index contributed by atoms with van der Waals surface area (Å²) < 4.78 is 21.8. The first-order valence-corrected chi connectivity index (χ1v) is 11.1. The van der Waals surface area contributed by atoms with Crippen LogP contribution < -0.4 is 9.05 Å². The van der Waals surface area contributed by atoms with E-state index in [0.717, 1.165) is 0 Å². The van der Waals surface area contributed by atoms with Crippen LogP contribution in [-0.2, 0) is 4.57 Å². The number of para-hydroxylation sites is 2. The van der Waals surface area contributed by atoms with Gasteiger partial charge in [-0.15, -0.1) is 0 Å². The van der Waals surface area contributed by atoms with Gasteiger partial charge in [0, 0.05) is 23.3 Å². The van der Waals surface area contributed by atoms with E-state index in [2.05, 4.69) is 0 Å². The third-order valence-electron chi connectivity index (χ3n) is 4.24. The smallest absolute Gasteiger partial charge is 0.418 e. The summed E-state index contributed by atoms with van der Waals surface area (Å²) in [6, 6.07) is 32.3. The van der Waals surface area contributed by atoms with Gasteiger partial charge in [-0.25, -0.2) is 4.57 Å². The van der Waals surface area contributed by atoms with Crippen LogP contribution in [0.2, 0.25) is 0 Å². The second kappa shape index (κ2) is 12.0. The highest BCUT2D eigenvalue weighted by Gasteiger charge is 2.12. The highest BCUT2D eigenvalue weighted by molar-refractivity contribution is 7.34. The molecular formula is C25H20NO6P. The molecule has 0 spiro atoms. The molecule has 0 bridgehead atoms. The number of hydrogen-bond donors (Lipinski definition) is 0. The van der Waals surface area contributed by atoms with Crippen LogP contribution >= 0.6 is 8.25 Å². The van der Waals surface area contributed by atoms with Crippen molar-refractivity contribution in [2.24, 2.45) is 0 Å². The molecule has 0 aliphatic heterocycles. The molecule has 7 nitrogen and oxygen atoms in total. The lowest BCUT2D eigenvalue weighted by Gasteiger charge is -2.07. The minimum absolute atomic E-state index is 0.0771. The van der Waals surface area contributed by atoms with Gasteiger partial charge in [-0.3, -0.25) is 14.9 Å². The molecule has 166 valence electrons. The second-order valence-electron chi connectivity index (χ2n) is 6.58. The van der Waals surface area contributed by atoms with Crippen molar-refractivity contribution in [3.63, 3.8) is 0 Å². The molecule has 0 saturated carbocycles. The fourth-order valence-corrected chi connectivity index (χ4v) is 3.41. The summed E-state index contributed by atoms with van der Waals surface area (Å²) in [5.74, 6) is 0.874. The van der Waals surface area contributed by atoms with Gasteiger partial charge in [0.1, 0.15) is 11.5 Å². The Hall–Kier alpha value is -4.22. The maximum atomic E-state index is 12.0. The van der Waals surface area contributed by atoms with Gasteiger partial charge in [-0.1, -0.05) is 78.9 Å². The number of non-ortho nitro benzene ring substituents is 1. The number of rotatable bonds is 7. The van der Waals surface area contributed by atoms with Crippen LogP contribution in [0.1, 0.15) is 15.9 Å². The fourth-order valence-electron chi connectivity index (χ4n) is 2.71. The molecule has 0 amide bonds. The normalized spacial score (nSPS) is 9.97. The van der Waals surface area contributed by atoms with Crippen molar-refractivity contribution in [1.82, 2.24) is 0 Å². The van der Waals surface area contributed by atoms with Crippen molar-refractivity contribution < 1.29 is 23.3 Å². The standard InChI is InChI=1S/C13H9NO3.C12H11O3P/c15-13(10-5-2-1-3-6-10)11-7-4-8-12(9-11)14(16)17;13-16(14-11-7-3-1-4-8-11)15-12-9-5-2-6-10-12/h1-9H;1-10,16H. The van der Waals surface area contributed by atoms with Crippen molar-refractivity contribution in [1.29, 1.82) is 0 Å². The Morgan fingerprint density at radius 1 is 0.667 bits per heavy atom. The third-order valence-corrected chi connectivity index (χ3v) is 5.05. The number of benzene rings is 4. The zero-order valence-electron chi connectivity index (χ0n) is 17.4. The van der Waals surface area contributed by atoms with E-state index < -0.39 is 13.2 Å². The molecule has 0 unspecified atom stereocenters. The molecule has 33 heavy (non-hydrogen) atoms. The Kier molecular flexibility index (Phi) is 8.51. The summed E-state index contributed by atoms with van der Waals surface area (Å²) >= 11 is 0. The topological polar surface area (TPSA) is 95.7 Å². The minimum atomic E-state index is -2.54. The Morgan fingerprint density at radius 2 is 1.12 bits per heavy atom. The average Bonchev–Trinajstić information content (AvgIpc) is 2.86. The minimum Gasteiger partial charge on any atom is -0.418 e. The first kappa shape index (κ1) is 23.4. The molecule has 8 heteroatoms. The summed E-state index contributed by atoms with van der Waals surface area (Å²) in [4.78, 5) is 22.1. The Labute approximate surface area is 191 Å². The van der Waals surface area contributed by atoms with Gasteiger partial charge in [-0.05, 0) is 24.3 Å². The Balaban J connectivity index is 0.000000186. The molecular weight excluding hydrogens is 441 g/mol. The molecule has 0 N–H and O–H groups in total. The molecule has 0 heterocycles. The van der Waals surface area contributed by atoms with Crippen LogP contribution in [0.25, 0.3) is 0 Å². The number of nitro benzene ring substituents is 1. The number of nitro groups is 1. The van der Waals surface area contributed by atoms with Crippen molar-refractivity contribution >= 4 is 19.7 Å². The number of nitrogens with zero attached hydrogens (tertiary/aromatic N) is 1. The van der Waals surface area contributed by atoms with E-state index in [4.69, 9.17) is 9.05 Å². The van der Waals surface area contributed by atoms with E-state index in [1.165, 1.54) is 18.2 Å². The summed E-state index contributed by atoms with van der Waals surface area (Å²) in [5.41, 5.74) is 0.769. The molecule has 4 rings (SSSR count). The van der Waals surface area contributed by atoms with Gasteiger partial charge >= 0.3 is 8.25 Å². The monoisotopic (exact) mass is 461 g/mol. The predicted octanol–water partition coefficient (Wildman–Crippen LogP) is 6.36. The van der Waals surface area contributed by atoms with Crippen LogP contribution in [0.4, 0.5) is 5.69 Å². The first-order valence-electron chi connectivity index (χ1n) is 9.87. The molecule has 0 aromatic heterocycles. The molecule has 0 saturated heterocycles. The van der Waals surface area contributed by atoms with Gasteiger partial charge in [0.05, 0.1) is 4.92 Å². The first-order chi connectivity index (χ1) is 16.0. The van der Waals surface area contributed by atoms with Crippen molar-refractivity contribution in [3.8, 4) is 11.5 Å². The second-order valence-corrected chi connectivity index (χ2v) is 7.49. The summed E-state index contributed by atoms with van der Waals surface area (Å²) in [6.07, 6.45) is 0. The van der Waals surface area contributed by atoms with Gasteiger partial charge in [0.25, 0.3) is 5.69 Å². The molecule has 4 aromatic carbocycles. The number of carbonyl (C=O) groups is 1. The molecule has 0 fully saturated rings. The van der Waals surface area contributed by atoms with Gasteiger partial charge in [-0.2, -0.15) is 0 Å². The lowest BCUT2D eigenvalue weighted by Crippen LogP contribution is -2.01. The van der Waals surface area contributed by atoms with Crippen LogP contribution in [0, 0.1) is 10.1 Å². The number of carbonyl (C=O) groups excluding carboxylic acids is 1. The number of ketones is 1. The van der Waals surface area contributed by atoms with E-state index in [-0.39, 0.29) is 11.5 Å².